The van der Waals surface area contributed by atoms with Crippen LogP contribution in [0.2, 0.25) is 0 Å². The van der Waals surface area contributed by atoms with Gasteiger partial charge in [-0.15, -0.1) is 0 Å². The highest BCUT2D eigenvalue weighted by Gasteiger charge is 2.22. The molecule has 4 heterocycles. The molecule has 9 heteroatoms. The molecule has 0 aliphatic carbocycles. The molecule has 1 saturated heterocycles. The number of hydrogen-bond acceptors (Lipinski definition) is 7. The smallest absolute Gasteiger partial charge is 0.289 e. The summed E-state index contributed by atoms with van der Waals surface area (Å²) in [5.74, 6) is 0.441. The van der Waals surface area contributed by atoms with Crippen molar-refractivity contribution in [3.8, 4) is 0 Å². The molecular formula is C21H28N6O3. The first-order chi connectivity index (χ1) is 14.5. The molecule has 1 aliphatic rings. The molecule has 9 nitrogen and oxygen atoms in total. The van der Waals surface area contributed by atoms with Crippen molar-refractivity contribution < 1.29 is 13.9 Å². The van der Waals surface area contributed by atoms with E-state index in [0.29, 0.717) is 24.2 Å². The minimum absolute atomic E-state index is 0.247. The van der Waals surface area contributed by atoms with Gasteiger partial charge in [-0.3, -0.25) is 4.79 Å². The first-order valence-electron chi connectivity index (χ1n) is 10.4. The van der Waals surface area contributed by atoms with E-state index in [1.807, 2.05) is 24.7 Å². The molecular weight excluding hydrogens is 384 g/mol. The Hall–Kier alpha value is -2.94. The van der Waals surface area contributed by atoms with Gasteiger partial charge in [-0.2, -0.15) is 5.10 Å². The highest BCUT2D eigenvalue weighted by atomic mass is 16.5. The number of pyridine rings is 1. The van der Waals surface area contributed by atoms with E-state index < -0.39 is 0 Å². The molecule has 0 radical (unpaired) electrons. The molecule has 1 amide bonds. The number of hydrogen-bond donors (Lipinski definition) is 2. The van der Waals surface area contributed by atoms with Gasteiger partial charge in [-0.1, -0.05) is 0 Å². The Morgan fingerprint density at radius 3 is 2.63 bits per heavy atom. The molecule has 1 aliphatic heterocycles. The minimum atomic E-state index is -0.283. The number of aryl methyl sites for hydroxylation is 4. The van der Waals surface area contributed by atoms with E-state index in [-0.39, 0.29) is 11.7 Å². The molecule has 3 aromatic heterocycles. The quantitative estimate of drug-likeness (QED) is 0.641. The lowest BCUT2D eigenvalue weighted by molar-refractivity contribution is 0.0904. The summed E-state index contributed by atoms with van der Waals surface area (Å²) < 4.78 is 12.8. The summed E-state index contributed by atoms with van der Waals surface area (Å²) in [5, 5.41) is 12.1. The number of nitrogens with zero attached hydrogens (tertiary/aromatic N) is 4. The van der Waals surface area contributed by atoms with Crippen LogP contribution in [0, 0.1) is 20.8 Å². The summed E-state index contributed by atoms with van der Waals surface area (Å²) >= 11 is 0. The van der Waals surface area contributed by atoms with Gasteiger partial charge in [0.15, 0.2) is 11.5 Å². The van der Waals surface area contributed by atoms with Gasteiger partial charge >= 0.3 is 0 Å². The molecule has 0 spiro atoms. The zero-order valence-electron chi connectivity index (χ0n) is 17.9. The van der Waals surface area contributed by atoms with Gasteiger partial charge in [-0.05, 0) is 33.6 Å². The van der Waals surface area contributed by atoms with Crippen LogP contribution in [0.25, 0.3) is 11.0 Å². The number of carbonyl (C=O) groups is 1. The van der Waals surface area contributed by atoms with Crippen LogP contribution in [0.5, 0.6) is 0 Å². The fraction of sp³-hybridized carbons (Fsp3) is 0.524. The fourth-order valence-electron chi connectivity index (χ4n) is 3.89. The maximum atomic E-state index is 12.7. The number of ether oxygens (including phenoxy) is 1. The minimum Gasteiger partial charge on any atom is -0.436 e. The van der Waals surface area contributed by atoms with Gasteiger partial charge in [0.05, 0.1) is 23.0 Å². The molecule has 0 unspecified atom stereocenters. The van der Waals surface area contributed by atoms with Crippen LogP contribution in [-0.4, -0.2) is 44.9 Å². The second-order valence-electron chi connectivity index (χ2n) is 7.61. The number of nitrogens with one attached hydrogen (secondary N) is 2. The highest BCUT2D eigenvalue weighted by Crippen LogP contribution is 2.30. The van der Waals surface area contributed by atoms with Gasteiger partial charge in [0, 0.05) is 50.5 Å². The van der Waals surface area contributed by atoms with Crippen molar-refractivity contribution in [1.82, 2.24) is 25.1 Å². The molecule has 3 aromatic rings. The summed E-state index contributed by atoms with van der Waals surface area (Å²) in [4.78, 5) is 21.6. The molecule has 160 valence electrons. The van der Waals surface area contributed by atoms with Crippen molar-refractivity contribution in [2.45, 2.75) is 59.7 Å². The van der Waals surface area contributed by atoms with E-state index >= 15 is 0 Å². The van der Waals surface area contributed by atoms with Crippen molar-refractivity contribution in [2.75, 3.05) is 18.5 Å². The summed E-state index contributed by atoms with van der Waals surface area (Å²) in [6.45, 7) is 10.1. The van der Waals surface area contributed by atoms with Crippen molar-refractivity contribution in [1.29, 1.82) is 0 Å². The number of rotatable bonds is 6. The second kappa shape index (κ2) is 8.43. The number of carbonyl (C=O) groups excluding carboxylic acids is 1. The van der Waals surface area contributed by atoms with Crippen LogP contribution in [0.1, 0.15) is 53.2 Å². The number of oxazole rings is 1. The Balaban J connectivity index is 1.66. The van der Waals surface area contributed by atoms with E-state index in [0.717, 1.165) is 60.6 Å². The summed E-state index contributed by atoms with van der Waals surface area (Å²) in [5.41, 5.74) is 4.22. The summed E-state index contributed by atoms with van der Waals surface area (Å²) in [6.07, 6.45) is 3.72. The molecule has 0 aromatic carbocycles. The summed E-state index contributed by atoms with van der Waals surface area (Å²) in [7, 11) is 0. The first-order valence-corrected chi connectivity index (χ1v) is 10.4. The Labute approximate surface area is 175 Å². The Morgan fingerprint density at radius 1 is 1.20 bits per heavy atom. The zero-order chi connectivity index (χ0) is 21.3. The van der Waals surface area contributed by atoms with Crippen LogP contribution >= 0.6 is 0 Å². The van der Waals surface area contributed by atoms with E-state index in [1.54, 1.807) is 13.8 Å². The fourth-order valence-corrected chi connectivity index (χ4v) is 3.89. The van der Waals surface area contributed by atoms with Gasteiger partial charge in [0.2, 0.25) is 5.76 Å². The van der Waals surface area contributed by atoms with E-state index in [9.17, 15) is 4.79 Å². The van der Waals surface area contributed by atoms with Crippen molar-refractivity contribution in [2.24, 2.45) is 0 Å². The van der Waals surface area contributed by atoms with Crippen LogP contribution < -0.4 is 10.6 Å². The average Bonchev–Trinajstić information content (AvgIpc) is 3.29. The van der Waals surface area contributed by atoms with Crippen LogP contribution in [0.4, 0.5) is 5.69 Å². The van der Waals surface area contributed by atoms with E-state index in [4.69, 9.17) is 14.1 Å². The highest BCUT2D eigenvalue weighted by molar-refractivity contribution is 5.94. The first kappa shape index (κ1) is 20.3. The van der Waals surface area contributed by atoms with Crippen LogP contribution in [0.15, 0.2) is 10.6 Å². The second-order valence-corrected chi connectivity index (χ2v) is 7.61. The molecule has 30 heavy (non-hydrogen) atoms. The zero-order valence-corrected chi connectivity index (χ0v) is 17.9. The maximum absolute atomic E-state index is 12.7. The van der Waals surface area contributed by atoms with Gasteiger partial charge < -0.3 is 19.8 Å². The Bertz CT molecular complexity index is 1060. The predicted molar refractivity (Wildman–Crippen MR) is 113 cm³/mol. The van der Waals surface area contributed by atoms with E-state index in [2.05, 4.69) is 20.7 Å². The molecule has 0 bridgehead atoms. The standard InChI is InChI=1S/C21H28N6O3/c1-5-27-20-17(11-23-27)18(26-15-6-8-29-9-7-15)16(12(2)25-20)10-22-21(28)19-13(3)24-14(4)30-19/h11,15H,5-10H2,1-4H3,(H,22,28)(H,25,26). The van der Waals surface area contributed by atoms with Crippen molar-refractivity contribution >= 4 is 22.6 Å². The molecule has 2 N–H and O–H groups in total. The topological polar surface area (TPSA) is 107 Å². The third-order valence-corrected chi connectivity index (χ3v) is 5.50. The van der Waals surface area contributed by atoms with Crippen molar-refractivity contribution in [3.63, 3.8) is 0 Å². The van der Waals surface area contributed by atoms with E-state index in [1.165, 1.54) is 0 Å². The summed E-state index contributed by atoms with van der Waals surface area (Å²) in [6, 6.07) is 0.308. The number of fused-ring (bicyclic) bond motifs is 1. The SMILES string of the molecule is CCn1ncc2c(NC3CCOCC3)c(CNC(=O)c3oc(C)nc3C)c(C)nc21. The lowest BCUT2D eigenvalue weighted by Gasteiger charge is -2.26. The molecule has 0 saturated carbocycles. The average molecular weight is 412 g/mol. The lowest BCUT2D eigenvalue weighted by atomic mass is 10.0. The maximum Gasteiger partial charge on any atom is 0.289 e. The van der Waals surface area contributed by atoms with Crippen LogP contribution in [-0.2, 0) is 17.8 Å². The molecule has 0 atom stereocenters. The van der Waals surface area contributed by atoms with Gasteiger partial charge in [-0.25, -0.2) is 14.6 Å². The Morgan fingerprint density at radius 2 is 1.97 bits per heavy atom. The third kappa shape index (κ3) is 3.89. The van der Waals surface area contributed by atoms with Crippen LogP contribution in [0.3, 0.4) is 0 Å². The number of amides is 1. The Kier molecular flexibility index (Phi) is 5.72. The number of anilines is 1. The largest absolute Gasteiger partial charge is 0.436 e. The normalized spacial score (nSPS) is 14.9. The third-order valence-electron chi connectivity index (χ3n) is 5.50. The van der Waals surface area contributed by atoms with Gasteiger partial charge in [0.25, 0.3) is 5.91 Å². The monoisotopic (exact) mass is 412 g/mol. The van der Waals surface area contributed by atoms with Gasteiger partial charge in [0.1, 0.15) is 0 Å². The molecule has 1 fully saturated rings. The number of aromatic nitrogens is 4. The predicted octanol–water partition coefficient (Wildman–Crippen LogP) is 2.89. The van der Waals surface area contributed by atoms with Crippen molar-refractivity contribution in [3.05, 3.63) is 34.8 Å². The lowest BCUT2D eigenvalue weighted by Crippen LogP contribution is -2.30. The molecule has 4 rings (SSSR count).